The molecule has 0 aliphatic heterocycles. The fraction of sp³-hybridized carbons (Fsp3) is 0.100. The topological polar surface area (TPSA) is 70.0 Å². The molecule has 0 saturated heterocycles. The Kier molecular flexibility index (Phi) is 2.66. The van der Waals surface area contributed by atoms with E-state index in [1.807, 2.05) is 24.3 Å². The van der Waals surface area contributed by atoms with E-state index in [1.165, 1.54) is 4.57 Å². The number of hydroxylamine groups is 1. The lowest BCUT2D eigenvalue weighted by molar-refractivity contribution is 0.161. The number of hydrogen-bond donors (Lipinski definition) is 3. The predicted molar refractivity (Wildman–Crippen MR) is 55.0 cm³/mol. The highest BCUT2D eigenvalue weighted by molar-refractivity contribution is 5.35. The summed E-state index contributed by atoms with van der Waals surface area (Å²) in [7, 11) is 0. The quantitative estimate of drug-likeness (QED) is 0.644. The van der Waals surface area contributed by atoms with Crippen molar-refractivity contribution in [3.8, 4) is 5.69 Å². The van der Waals surface area contributed by atoms with Crippen LogP contribution in [0.15, 0.2) is 41.5 Å². The van der Waals surface area contributed by atoms with Crippen molar-refractivity contribution in [1.82, 2.24) is 15.0 Å². The third kappa shape index (κ3) is 1.98. The molecule has 78 valence electrons. The molecule has 1 heterocycles. The smallest absolute Gasteiger partial charge is 0.316 e. The summed E-state index contributed by atoms with van der Waals surface area (Å²) < 4.78 is 1.50. The summed E-state index contributed by atoms with van der Waals surface area (Å²) >= 11 is 0. The van der Waals surface area contributed by atoms with Crippen LogP contribution in [0, 0.1) is 0 Å². The van der Waals surface area contributed by atoms with Crippen molar-refractivity contribution >= 4 is 0 Å². The summed E-state index contributed by atoms with van der Waals surface area (Å²) in [4.78, 5) is 13.9. The first kappa shape index (κ1) is 9.70. The molecule has 0 radical (unpaired) electrons. The molecule has 3 N–H and O–H groups in total. The molecule has 0 saturated carbocycles. The van der Waals surface area contributed by atoms with E-state index >= 15 is 0 Å². The summed E-state index contributed by atoms with van der Waals surface area (Å²) in [5.41, 5.74) is 3.58. The lowest BCUT2D eigenvalue weighted by atomic mass is 10.2. The van der Waals surface area contributed by atoms with Crippen LogP contribution in [0.5, 0.6) is 0 Å². The van der Waals surface area contributed by atoms with Gasteiger partial charge < -0.3 is 10.2 Å². The maximum absolute atomic E-state index is 11.3. The van der Waals surface area contributed by atoms with Crippen LogP contribution in [0.3, 0.4) is 0 Å². The minimum atomic E-state index is -0.177. The Labute approximate surface area is 86.0 Å². The molecule has 5 heteroatoms. The molecule has 0 fully saturated rings. The zero-order valence-corrected chi connectivity index (χ0v) is 7.97. The molecule has 1 aromatic heterocycles. The molecule has 1 aromatic carbocycles. The van der Waals surface area contributed by atoms with Gasteiger partial charge in [-0.2, -0.15) is 0 Å². The van der Waals surface area contributed by atoms with Crippen LogP contribution in [0.4, 0.5) is 0 Å². The van der Waals surface area contributed by atoms with Crippen molar-refractivity contribution in [2.24, 2.45) is 0 Å². The zero-order chi connectivity index (χ0) is 10.7. The Morgan fingerprint density at radius 3 is 3.00 bits per heavy atom. The van der Waals surface area contributed by atoms with E-state index < -0.39 is 0 Å². The van der Waals surface area contributed by atoms with Gasteiger partial charge in [0.2, 0.25) is 0 Å². The van der Waals surface area contributed by atoms with Crippen LogP contribution in [-0.2, 0) is 6.54 Å². The number of nitrogens with one attached hydrogen (secondary N) is 2. The normalized spacial score (nSPS) is 10.5. The molecule has 2 rings (SSSR count). The maximum atomic E-state index is 11.3. The third-order valence-electron chi connectivity index (χ3n) is 2.12. The summed E-state index contributed by atoms with van der Waals surface area (Å²) in [6.45, 7) is 0.354. The van der Waals surface area contributed by atoms with Gasteiger partial charge >= 0.3 is 5.69 Å². The molecule has 0 atom stereocenters. The monoisotopic (exact) mass is 205 g/mol. The highest BCUT2D eigenvalue weighted by Crippen LogP contribution is 2.08. The van der Waals surface area contributed by atoms with Crippen molar-refractivity contribution < 1.29 is 5.21 Å². The van der Waals surface area contributed by atoms with Crippen molar-refractivity contribution in [3.05, 3.63) is 52.7 Å². The van der Waals surface area contributed by atoms with Gasteiger partial charge in [-0.3, -0.25) is 4.57 Å². The van der Waals surface area contributed by atoms with E-state index in [-0.39, 0.29) is 5.69 Å². The molecular weight excluding hydrogens is 194 g/mol. The van der Waals surface area contributed by atoms with E-state index in [2.05, 4.69) is 10.5 Å². The summed E-state index contributed by atoms with van der Waals surface area (Å²) in [5.74, 6) is 0. The van der Waals surface area contributed by atoms with E-state index in [0.29, 0.717) is 6.54 Å². The highest BCUT2D eigenvalue weighted by Gasteiger charge is 2.00. The van der Waals surface area contributed by atoms with Crippen molar-refractivity contribution in [1.29, 1.82) is 0 Å². The van der Waals surface area contributed by atoms with E-state index in [0.717, 1.165) is 11.3 Å². The maximum Gasteiger partial charge on any atom is 0.330 e. The minimum Gasteiger partial charge on any atom is -0.316 e. The van der Waals surface area contributed by atoms with Gasteiger partial charge in [0.25, 0.3) is 0 Å². The lowest BCUT2D eigenvalue weighted by Gasteiger charge is -2.04. The molecule has 2 aromatic rings. The van der Waals surface area contributed by atoms with Gasteiger partial charge in [-0.1, -0.05) is 12.1 Å². The Morgan fingerprint density at radius 2 is 2.33 bits per heavy atom. The lowest BCUT2D eigenvalue weighted by Crippen LogP contribution is -2.14. The van der Waals surface area contributed by atoms with Gasteiger partial charge in [0, 0.05) is 18.9 Å². The summed E-state index contributed by atoms with van der Waals surface area (Å²) in [5, 5.41) is 8.57. The first-order chi connectivity index (χ1) is 7.31. The SMILES string of the molecule is O=c1[nH]ccn1-c1cccc(CNO)c1. The van der Waals surface area contributed by atoms with Crippen LogP contribution in [0.25, 0.3) is 5.69 Å². The molecular formula is C10H11N3O2. The van der Waals surface area contributed by atoms with Crippen LogP contribution < -0.4 is 11.2 Å². The second-order valence-corrected chi connectivity index (χ2v) is 3.14. The third-order valence-corrected chi connectivity index (χ3v) is 2.12. The number of benzene rings is 1. The number of aromatic nitrogens is 2. The second-order valence-electron chi connectivity index (χ2n) is 3.14. The summed E-state index contributed by atoms with van der Waals surface area (Å²) in [6, 6.07) is 7.36. The van der Waals surface area contributed by atoms with E-state index in [9.17, 15) is 4.79 Å². The highest BCUT2D eigenvalue weighted by atomic mass is 16.5. The zero-order valence-electron chi connectivity index (χ0n) is 7.97. The number of imidazole rings is 1. The average molecular weight is 205 g/mol. The molecule has 15 heavy (non-hydrogen) atoms. The molecule has 0 aliphatic carbocycles. The minimum absolute atomic E-state index is 0.177. The molecule has 0 unspecified atom stereocenters. The number of hydrogen-bond acceptors (Lipinski definition) is 3. The fourth-order valence-electron chi connectivity index (χ4n) is 1.43. The van der Waals surface area contributed by atoms with Crippen LogP contribution in [0.1, 0.15) is 5.56 Å². The standard InChI is InChI=1S/C10H11N3O2/c14-10-11-4-5-13(10)9-3-1-2-8(6-9)7-12-15/h1-6,12,15H,7H2,(H,11,14). The van der Waals surface area contributed by atoms with E-state index in [4.69, 9.17) is 5.21 Å². The van der Waals surface area contributed by atoms with Crippen LogP contribution in [0.2, 0.25) is 0 Å². The second kappa shape index (κ2) is 4.12. The van der Waals surface area contributed by atoms with Gasteiger partial charge in [-0.15, -0.1) is 0 Å². The molecule has 5 nitrogen and oxygen atoms in total. The van der Waals surface area contributed by atoms with Gasteiger partial charge in [0.05, 0.1) is 5.69 Å². The first-order valence-electron chi connectivity index (χ1n) is 4.53. The largest absolute Gasteiger partial charge is 0.330 e. The Bertz CT molecular complexity index is 501. The van der Waals surface area contributed by atoms with Crippen molar-refractivity contribution in [3.63, 3.8) is 0 Å². The van der Waals surface area contributed by atoms with Gasteiger partial charge in [-0.25, -0.2) is 10.3 Å². The summed E-state index contributed by atoms with van der Waals surface area (Å²) in [6.07, 6.45) is 3.24. The Morgan fingerprint density at radius 1 is 1.47 bits per heavy atom. The van der Waals surface area contributed by atoms with Gasteiger partial charge in [0.15, 0.2) is 0 Å². The molecule has 0 bridgehead atoms. The van der Waals surface area contributed by atoms with Crippen molar-refractivity contribution in [2.45, 2.75) is 6.54 Å². The predicted octanol–water partition coefficient (Wildman–Crippen LogP) is 0.644. The number of nitrogens with zero attached hydrogens (tertiary/aromatic N) is 1. The van der Waals surface area contributed by atoms with Gasteiger partial charge in [0.1, 0.15) is 0 Å². The molecule has 0 spiro atoms. The number of H-pyrrole nitrogens is 1. The first-order valence-corrected chi connectivity index (χ1v) is 4.53. The molecule has 0 amide bonds. The number of rotatable bonds is 3. The van der Waals surface area contributed by atoms with Crippen LogP contribution in [-0.4, -0.2) is 14.8 Å². The van der Waals surface area contributed by atoms with E-state index in [1.54, 1.807) is 12.4 Å². The van der Waals surface area contributed by atoms with Crippen molar-refractivity contribution in [2.75, 3.05) is 0 Å². The average Bonchev–Trinajstić information content (AvgIpc) is 2.65. The molecule has 0 aliphatic rings. The Hall–Kier alpha value is -1.85. The fourth-order valence-corrected chi connectivity index (χ4v) is 1.43. The Balaban J connectivity index is 2.41. The van der Waals surface area contributed by atoms with Gasteiger partial charge in [-0.05, 0) is 17.7 Å². The van der Waals surface area contributed by atoms with Crippen LogP contribution >= 0.6 is 0 Å². The number of aromatic amines is 1.